The molecule has 0 spiro atoms. The summed E-state index contributed by atoms with van der Waals surface area (Å²) in [6, 6.07) is 8.15. The normalized spacial score (nSPS) is 21.8. The lowest BCUT2D eigenvalue weighted by Crippen LogP contribution is -2.43. The van der Waals surface area contributed by atoms with Crippen molar-refractivity contribution in [3.63, 3.8) is 0 Å². The number of halogens is 3. The number of aromatic nitrogens is 1. The molecule has 182 valence electrons. The predicted molar refractivity (Wildman–Crippen MR) is 119 cm³/mol. The van der Waals surface area contributed by atoms with E-state index >= 15 is 0 Å². The number of nitriles is 1. The summed E-state index contributed by atoms with van der Waals surface area (Å²) < 4.78 is 70.4. The molecule has 1 aliphatic carbocycles. The smallest absolute Gasteiger partial charge is 0.404 e. The van der Waals surface area contributed by atoms with E-state index in [1.807, 2.05) is 12.1 Å². The van der Waals surface area contributed by atoms with Crippen LogP contribution in [0.25, 0.3) is 0 Å². The third-order valence-corrected chi connectivity index (χ3v) is 8.04. The molecule has 1 saturated carbocycles. The number of hydrogen-bond acceptors (Lipinski definition) is 6. The summed E-state index contributed by atoms with van der Waals surface area (Å²) in [5, 5.41) is 10.0. The average Bonchev–Trinajstić information content (AvgIpc) is 3.43. The van der Waals surface area contributed by atoms with Crippen molar-refractivity contribution in [2.24, 2.45) is 0 Å². The van der Waals surface area contributed by atoms with E-state index in [1.54, 1.807) is 17.9 Å². The summed E-state index contributed by atoms with van der Waals surface area (Å²) in [6.45, 7) is 0.736. The summed E-state index contributed by atoms with van der Waals surface area (Å²) in [6.07, 6.45) is 0.384. The number of pyridine rings is 1. The van der Waals surface area contributed by atoms with E-state index in [2.05, 4.69) is 16.0 Å². The van der Waals surface area contributed by atoms with Crippen LogP contribution < -0.4 is 14.4 Å². The molecule has 0 amide bonds. The largest absolute Gasteiger partial charge is 0.497 e. The predicted octanol–water partition coefficient (Wildman–Crippen LogP) is 4.43. The van der Waals surface area contributed by atoms with Crippen LogP contribution in [0.4, 0.5) is 18.9 Å². The van der Waals surface area contributed by atoms with E-state index in [9.17, 15) is 26.9 Å². The first-order valence-electron chi connectivity index (χ1n) is 11.0. The first-order valence-corrected chi connectivity index (χ1v) is 12.5. The van der Waals surface area contributed by atoms with Crippen LogP contribution in [0.3, 0.4) is 0 Å². The van der Waals surface area contributed by atoms with Crippen molar-refractivity contribution >= 4 is 15.7 Å². The first kappa shape index (κ1) is 24.3. The Morgan fingerprint density at radius 3 is 2.50 bits per heavy atom. The van der Waals surface area contributed by atoms with Crippen LogP contribution >= 0.6 is 0 Å². The Morgan fingerprint density at radius 2 is 1.94 bits per heavy atom. The Bertz CT molecular complexity index is 1190. The number of sulfonamides is 1. The molecule has 1 N–H and O–H groups in total. The molecule has 1 aromatic carbocycles. The van der Waals surface area contributed by atoms with Crippen molar-refractivity contribution in [3.8, 4) is 11.8 Å². The van der Waals surface area contributed by atoms with E-state index in [1.165, 1.54) is 12.1 Å². The number of hydrogen-bond donors (Lipinski definition) is 1. The van der Waals surface area contributed by atoms with Crippen molar-refractivity contribution in [1.29, 1.82) is 5.26 Å². The van der Waals surface area contributed by atoms with Gasteiger partial charge in [-0.2, -0.15) is 23.2 Å². The van der Waals surface area contributed by atoms with Gasteiger partial charge in [-0.15, -0.1) is 0 Å². The highest BCUT2D eigenvalue weighted by Gasteiger charge is 2.44. The van der Waals surface area contributed by atoms with Crippen LogP contribution in [0.15, 0.2) is 41.4 Å². The van der Waals surface area contributed by atoms with Crippen molar-refractivity contribution in [2.45, 2.75) is 67.7 Å². The maximum absolute atomic E-state index is 12.8. The molecule has 2 aromatic rings. The van der Waals surface area contributed by atoms with Gasteiger partial charge in [-0.1, -0.05) is 18.9 Å². The van der Waals surface area contributed by atoms with Crippen LogP contribution in [-0.4, -0.2) is 38.8 Å². The molecule has 4 rings (SSSR count). The highest BCUT2D eigenvalue weighted by atomic mass is 32.2. The number of ether oxygens (including phenoxy) is 1. The van der Waals surface area contributed by atoms with Crippen LogP contribution in [0.1, 0.15) is 55.8 Å². The highest BCUT2D eigenvalue weighted by molar-refractivity contribution is 7.89. The molecular weight excluding hydrogens is 469 g/mol. The maximum Gasteiger partial charge on any atom is 0.404 e. The van der Waals surface area contributed by atoms with Crippen LogP contribution in [-0.2, 0) is 10.0 Å². The molecule has 1 aromatic heterocycles. The second-order valence-electron chi connectivity index (χ2n) is 8.63. The van der Waals surface area contributed by atoms with Gasteiger partial charge >= 0.3 is 6.18 Å². The Hall–Kier alpha value is -2.84. The quantitative estimate of drug-likeness (QED) is 0.638. The molecule has 1 aliphatic heterocycles. The molecule has 2 heterocycles. The number of nitrogens with zero attached hydrogens (tertiary/aromatic N) is 3. The molecule has 1 fully saturated rings. The lowest BCUT2D eigenvalue weighted by molar-refractivity contribution is -0.147. The molecule has 0 radical (unpaired) electrons. The van der Waals surface area contributed by atoms with Crippen molar-refractivity contribution in [2.75, 3.05) is 12.0 Å². The number of anilines is 1. The third-order valence-electron chi connectivity index (χ3n) is 6.52. The van der Waals surface area contributed by atoms with E-state index in [0.717, 1.165) is 50.1 Å². The zero-order valence-corrected chi connectivity index (χ0v) is 19.5. The number of rotatable bonds is 6. The van der Waals surface area contributed by atoms with Gasteiger partial charge in [0.1, 0.15) is 16.7 Å². The van der Waals surface area contributed by atoms with Crippen molar-refractivity contribution in [3.05, 3.63) is 47.8 Å². The van der Waals surface area contributed by atoms with Gasteiger partial charge in [0.2, 0.25) is 10.0 Å². The van der Waals surface area contributed by atoms with Crippen molar-refractivity contribution < 1.29 is 26.3 Å². The van der Waals surface area contributed by atoms with Gasteiger partial charge in [0.15, 0.2) is 0 Å². The lowest BCUT2D eigenvalue weighted by atomic mass is 9.93. The number of alkyl halides is 3. The molecule has 11 heteroatoms. The van der Waals surface area contributed by atoms with Crippen molar-refractivity contribution in [1.82, 2.24) is 9.71 Å². The van der Waals surface area contributed by atoms with Gasteiger partial charge in [-0.25, -0.2) is 8.42 Å². The number of nitrogens with one attached hydrogen (secondary N) is 1. The SMILES string of the molecule is COc1ccc2c(c1)N(C1CCCC1)C(c1ccc(S(=O)(=O)N[C@H](C)C(F)(F)F)cn1)C2C#N. The molecule has 0 saturated heterocycles. The number of methoxy groups -OCH3 is 1. The monoisotopic (exact) mass is 494 g/mol. The van der Waals surface area contributed by atoms with Gasteiger partial charge in [0.25, 0.3) is 0 Å². The molecular formula is C23H25F3N4O3S. The van der Waals surface area contributed by atoms with Crippen LogP contribution in [0.5, 0.6) is 5.75 Å². The summed E-state index contributed by atoms with van der Waals surface area (Å²) >= 11 is 0. The number of benzene rings is 1. The zero-order chi connectivity index (χ0) is 24.7. The fourth-order valence-electron chi connectivity index (χ4n) is 4.77. The van der Waals surface area contributed by atoms with Crippen LogP contribution in [0, 0.1) is 11.3 Å². The van der Waals surface area contributed by atoms with Gasteiger partial charge in [-0.05, 0) is 43.5 Å². The number of fused-ring (bicyclic) bond motifs is 1. The fraction of sp³-hybridized carbons (Fsp3) is 0.478. The van der Waals surface area contributed by atoms with E-state index in [0.29, 0.717) is 11.4 Å². The standard InChI is InChI=1S/C23H25F3N4O3S/c1-14(23(24,25)26)29-34(31,32)17-8-10-20(28-13-17)22-19(12-27)18-9-7-16(33-2)11-21(18)30(22)15-5-3-4-6-15/h7-11,13-15,19,22,29H,3-6H2,1-2H3/t14-,19?,22?/m1/s1. The molecule has 2 aliphatic rings. The topological polar surface area (TPSA) is 95.3 Å². The molecule has 3 atom stereocenters. The summed E-state index contributed by atoms with van der Waals surface area (Å²) in [5.41, 5.74) is 2.22. The highest BCUT2D eigenvalue weighted by Crippen LogP contribution is 2.52. The minimum atomic E-state index is -4.71. The minimum Gasteiger partial charge on any atom is -0.497 e. The van der Waals surface area contributed by atoms with E-state index in [4.69, 9.17) is 4.74 Å². The summed E-state index contributed by atoms with van der Waals surface area (Å²) in [5.74, 6) is 0.123. The molecule has 34 heavy (non-hydrogen) atoms. The molecule has 7 nitrogen and oxygen atoms in total. The molecule has 2 unspecified atom stereocenters. The Labute approximate surface area is 196 Å². The van der Waals surface area contributed by atoms with Gasteiger partial charge < -0.3 is 9.64 Å². The lowest BCUT2D eigenvalue weighted by Gasteiger charge is -2.34. The van der Waals surface area contributed by atoms with Gasteiger partial charge in [0, 0.05) is 24.0 Å². The average molecular weight is 495 g/mol. The van der Waals surface area contributed by atoms with E-state index in [-0.39, 0.29) is 10.9 Å². The summed E-state index contributed by atoms with van der Waals surface area (Å²) in [4.78, 5) is 6.13. The van der Waals surface area contributed by atoms with Gasteiger partial charge in [-0.3, -0.25) is 4.98 Å². The third kappa shape index (κ3) is 4.44. The Morgan fingerprint density at radius 1 is 1.24 bits per heavy atom. The second-order valence-corrected chi connectivity index (χ2v) is 10.3. The Balaban J connectivity index is 1.70. The Kier molecular flexibility index (Phi) is 6.48. The minimum absolute atomic E-state index is 0.189. The maximum atomic E-state index is 12.8. The van der Waals surface area contributed by atoms with Crippen LogP contribution in [0.2, 0.25) is 0 Å². The summed E-state index contributed by atoms with van der Waals surface area (Å²) in [7, 11) is -2.85. The molecule has 0 bridgehead atoms. The second kappa shape index (κ2) is 9.07. The fourth-order valence-corrected chi connectivity index (χ4v) is 5.94. The first-order chi connectivity index (χ1) is 16.1. The van der Waals surface area contributed by atoms with E-state index < -0.39 is 34.2 Å². The zero-order valence-electron chi connectivity index (χ0n) is 18.7. The van der Waals surface area contributed by atoms with Gasteiger partial charge in [0.05, 0.1) is 30.8 Å².